The van der Waals surface area contributed by atoms with Crippen molar-refractivity contribution in [1.82, 2.24) is 0 Å². The molecule has 9 heteroatoms. The van der Waals surface area contributed by atoms with Crippen molar-refractivity contribution >= 4 is 15.7 Å². The number of alkyl halides is 3. The van der Waals surface area contributed by atoms with Crippen molar-refractivity contribution in [2.45, 2.75) is 18.2 Å². The van der Waals surface area contributed by atoms with Gasteiger partial charge < -0.3 is 4.74 Å². The van der Waals surface area contributed by atoms with Gasteiger partial charge in [-0.05, 0) is 31.2 Å². The average Bonchev–Trinajstić information content (AvgIpc) is 2.42. The summed E-state index contributed by atoms with van der Waals surface area (Å²) in [5.74, 6) is -2.58. The molecule has 0 amide bonds. The van der Waals surface area contributed by atoms with Crippen LogP contribution in [0.25, 0.3) is 0 Å². The summed E-state index contributed by atoms with van der Waals surface area (Å²) in [4.78, 5) is -0.148. The second kappa shape index (κ2) is 6.07. The Hall–Kier alpha value is -2.29. The number of hydrogen-bond acceptors (Lipinski definition) is 3. The van der Waals surface area contributed by atoms with Gasteiger partial charge in [0.15, 0.2) is 11.6 Å². The summed E-state index contributed by atoms with van der Waals surface area (Å²) in [6, 6.07) is 8.44. The summed E-state index contributed by atoms with van der Waals surface area (Å²) >= 11 is 0. The minimum atomic E-state index is -5.09. The van der Waals surface area contributed by atoms with Crippen LogP contribution in [0.2, 0.25) is 0 Å². The van der Waals surface area contributed by atoms with Crippen LogP contribution in [0.4, 0.5) is 23.2 Å². The van der Waals surface area contributed by atoms with E-state index in [1.54, 1.807) is 6.92 Å². The first-order valence-electron chi connectivity index (χ1n) is 6.22. The van der Waals surface area contributed by atoms with Gasteiger partial charge in [0.2, 0.25) is 0 Å². The summed E-state index contributed by atoms with van der Waals surface area (Å²) < 4.78 is 80.1. The molecule has 0 spiro atoms. The summed E-state index contributed by atoms with van der Waals surface area (Å²) in [7, 11) is -4.14. The van der Waals surface area contributed by atoms with Crippen molar-refractivity contribution in [2.24, 2.45) is 0 Å². The lowest BCUT2D eigenvalue weighted by Crippen LogP contribution is -2.19. The first kappa shape index (κ1) is 17.1. The van der Waals surface area contributed by atoms with E-state index in [2.05, 4.69) is 4.74 Å². The third kappa shape index (κ3) is 4.35. The highest BCUT2D eigenvalue weighted by molar-refractivity contribution is 7.92. The third-order valence-corrected chi connectivity index (χ3v) is 4.15. The van der Waals surface area contributed by atoms with Crippen LogP contribution in [0.3, 0.4) is 0 Å². The molecule has 0 aliphatic carbocycles. The number of rotatable bonds is 4. The van der Waals surface area contributed by atoms with E-state index in [1.165, 1.54) is 24.3 Å². The predicted molar refractivity (Wildman–Crippen MR) is 75.1 cm³/mol. The Kier molecular flexibility index (Phi) is 4.51. The lowest BCUT2D eigenvalue weighted by molar-refractivity contribution is -0.275. The number of hydrogen-bond donors (Lipinski definition) is 1. The molecule has 1 N–H and O–H groups in total. The van der Waals surface area contributed by atoms with Gasteiger partial charge in [0.1, 0.15) is 0 Å². The van der Waals surface area contributed by atoms with Crippen molar-refractivity contribution in [1.29, 1.82) is 0 Å². The van der Waals surface area contributed by atoms with Gasteiger partial charge in [0.25, 0.3) is 10.0 Å². The normalized spacial score (nSPS) is 12.0. The fourth-order valence-corrected chi connectivity index (χ4v) is 2.77. The molecule has 0 heterocycles. The van der Waals surface area contributed by atoms with Gasteiger partial charge in [-0.2, -0.15) is 0 Å². The minimum absolute atomic E-state index is 0.148. The zero-order valence-corrected chi connectivity index (χ0v) is 12.5. The van der Waals surface area contributed by atoms with Crippen LogP contribution < -0.4 is 9.46 Å². The van der Waals surface area contributed by atoms with Crippen LogP contribution >= 0.6 is 0 Å². The molecule has 23 heavy (non-hydrogen) atoms. The van der Waals surface area contributed by atoms with Crippen LogP contribution in [0, 0.1) is 12.7 Å². The number of sulfonamides is 1. The van der Waals surface area contributed by atoms with Crippen LogP contribution in [0.5, 0.6) is 5.75 Å². The van der Waals surface area contributed by atoms with E-state index in [9.17, 15) is 26.0 Å². The molecule has 0 saturated heterocycles. The van der Waals surface area contributed by atoms with Gasteiger partial charge >= 0.3 is 6.36 Å². The molecule has 0 aliphatic rings. The van der Waals surface area contributed by atoms with Gasteiger partial charge in [-0.25, -0.2) is 12.8 Å². The Balaban J connectivity index is 2.33. The first-order chi connectivity index (χ1) is 10.6. The second-order valence-corrected chi connectivity index (χ2v) is 6.27. The fraction of sp³-hybridized carbons (Fsp3) is 0.143. The lowest BCUT2D eigenvalue weighted by atomic mass is 10.2. The zero-order chi connectivity index (χ0) is 17.3. The van der Waals surface area contributed by atoms with E-state index in [4.69, 9.17) is 0 Å². The average molecular weight is 349 g/mol. The maximum Gasteiger partial charge on any atom is 0.573 e. The summed E-state index contributed by atoms with van der Waals surface area (Å²) in [5.41, 5.74) is 0.169. The number of halogens is 4. The summed E-state index contributed by atoms with van der Waals surface area (Å²) in [6.07, 6.45) is -5.09. The first-order valence-corrected chi connectivity index (χ1v) is 7.70. The van der Waals surface area contributed by atoms with E-state index in [0.717, 1.165) is 23.8 Å². The Labute approximate surface area is 129 Å². The lowest BCUT2D eigenvalue weighted by Gasteiger charge is -2.13. The van der Waals surface area contributed by atoms with Crippen LogP contribution in [-0.4, -0.2) is 14.8 Å². The van der Waals surface area contributed by atoms with Crippen molar-refractivity contribution in [3.05, 3.63) is 53.8 Å². The topological polar surface area (TPSA) is 55.4 Å². The van der Waals surface area contributed by atoms with Crippen LogP contribution in [0.1, 0.15) is 5.56 Å². The monoisotopic (exact) mass is 349 g/mol. The van der Waals surface area contributed by atoms with Crippen molar-refractivity contribution in [3.8, 4) is 5.75 Å². The standard InChI is InChI=1S/C14H11F4NO3S/c1-9-5-7-10(8-6-9)23(20,21)19-11-3-2-4-12(13(11)15)22-14(16,17)18/h2-8,19H,1H3. The van der Waals surface area contributed by atoms with Crippen LogP contribution in [-0.2, 0) is 10.0 Å². The molecule has 0 fully saturated rings. The summed E-state index contributed by atoms with van der Waals surface area (Å²) in [5, 5.41) is 0. The van der Waals surface area contributed by atoms with E-state index < -0.39 is 33.6 Å². The molecule has 0 bridgehead atoms. The molecule has 2 aromatic rings. The van der Waals surface area contributed by atoms with Gasteiger partial charge in [-0.1, -0.05) is 23.8 Å². The minimum Gasteiger partial charge on any atom is -0.403 e. The van der Waals surface area contributed by atoms with Crippen LogP contribution in [0.15, 0.2) is 47.4 Å². The van der Waals surface area contributed by atoms with Crippen molar-refractivity contribution in [2.75, 3.05) is 4.72 Å². The maximum absolute atomic E-state index is 14.0. The predicted octanol–water partition coefficient (Wildman–Crippen LogP) is 3.83. The van der Waals surface area contributed by atoms with Gasteiger partial charge in [0.05, 0.1) is 10.6 Å². The quantitative estimate of drug-likeness (QED) is 0.854. The van der Waals surface area contributed by atoms with E-state index in [1.807, 2.05) is 4.72 Å². The molecule has 0 radical (unpaired) electrons. The second-order valence-electron chi connectivity index (χ2n) is 4.58. The molecule has 2 aromatic carbocycles. The molecule has 124 valence electrons. The smallest absolute Gasteiger partial charge is 0.403 e. The molecule has 0 aromatic heterocycles. The SMILES string of the molecule is Cc1ccc(S(=O)(=O)Nc2cccc(OC(F)(F)F)c2F)cc1. The van der Waals surface area contributed by atoms with Crippen molar-refractivity contribution < 1.29 is 30.7 Å². The fourth-order valence-electron chi connectivity index (χ4n) is 1.71. The van der Waals surface area contributed by atoms with Gasteiger partial charge in [-0.3, -0.25) is 4.72 Å². The molecular weight excluding hydrogens is 338 g/mol. The number of ether oxygens (including phenoxy) is 1. The maximum atomic E-state index is 14.0. The summed E-state index contributed by atoms with van der Waals surface area (Å²) in [6.45, 7) is 1.75. The molecule has 0 saturated carbocycles. The van der Waals surface area contributed by atoms with E-state index >= 15 is 0 Å². The highest BCUT2D eigenvalue weighted by atomic mass is 32.2. The molecule has 0 aliphatic heterocycles. The van der Waals surface area contributed by atoms with Crippen molar-refractivity contribution in [3.63, 3.8) is 0 Å². The number of benzene rings is 2. The number of aryl methyl sites for hydroxylation is 1. The van der Waals surface area contributed by atoms with Gasteiger partial charge in [0, 0.05) is 0 Å². The zero-order valence-electron chi connectivity index (χ0n) is 11.7. The third-order valence-electron chi connectivity index (χ3n) is 2.76. The molecule has 0 atom stereocenters. The highest BCUT2D eigenvalue weighted by Gasteiger charge is 2.33. The largest absolute Gasteiger partial charge is 0.573 e. The molecule has 2 rings (SSSR count). The number of anilines is 1. The Morgan fingerprint density at radius 3 is 2.22 bits per heavy atom. The molecule has 0 unspecified atom stereocenters. The molecular formula is C14H11F4NO3S. The van der Waals surface area contributed by atoms with E-state index in [0.29, 0.717) is 0 Å². The number of nitrogens with one attached hydrogen (secondary N) is 1. The van der Waals surface area contributed by atoms with E-state index in [-0.39, 0.29) is 4.90 Å². The van der Waals surface area contributed by atoms with Gasteiger partial charge in [-0.15, -0.1) is 13.2 Å². The Morgan fingerprint density at radius 2 is 1.65 bits per heavy atom. The Bertz CT molecular complexity index is 802. The highest BCUT2D eigenvalue weighted by Crippen LogP contribution is 2.30. The Morgan fingerprint density at radius 1 is 1.04 bits per heavy atom. The molecule has 4 nitrogen and oxygen atoms in total.